The van der Waals surface area contributed by atoms with Gasteiger partial charge in [0.2, 0.25) is 0 Å². The number of aliphatic imine (C=N–C) groups is 1. The highest BCUT2D eigenvalue weighted by Crippen LogP contribution is 2.18. The van der Waals surface area contributed by atoms with Gasteiger partial charge in [-0.25, -0.2) is 9.98 Å². The van der Waals surface area contributed by atoms with Gasteiger partial charge in [-0.1, -0.05) is 18.2 Å². The molecule has 2 aromatic rings. The maximum absolute atomic E-state index is 5.67. The van der Waals surface area contributed by atoms with Crippen molar-refractivity contribution in [1.29, 1.82) is 0 Å². The zero-order valence-corrected chi connectivity index (χ0v) is 18.0. The minimum atomic E-state index is 0. The zero-order chi connectivity index (χ0) is 17.2. The summed E-state index contributed by atoms with van der Waals surface area (Å²) in [6, 6.07) is 9.79. The van der Waals surface area contributed by atoms with E-state index in [1.54, 1.807) is 11.3 Å². The van der Waals surface area contributed by atoms with E-state index in [1.807, 2.05) is 61.6 Å². The second-order valence-corrected chi connectivity index (χ2v) is 6.14. The lowest BCUT2D eigenvalue weighted by Gasteiger charge is -2.11. The summed E-state index contributed by atoms with van der Waals surface area (Å²) in [7, 11) is 3.98. The maximum Gasteiger partial charge on any atom is 0.191 e. The smallest absolute Gasteiger partial charge is 0.191 e. The summed E-state index contributed by atoms with van der Waals surface area (Å²) >= 11 is 1.63. The van der Waals surface area contributed by atoms with E-state index in [0.717, 1.165) is 29.1 Å². The molecule has 0 bridgehead atoms. The number of nitrogens with zero attached hydrogens (tertiary/aromatic N) is 3. The molecule has 0 saturated heterocycles. The molecular formula is C17H26IN5OS. The standard InChI is InChI=1S/C17H25N5OS.HI/c1-4-18-16(19-10-11-23-15-8-6-5-7-9-15)20-12-14-13-24-17(21-14)22(2)3;/h5-9,13H,4,10-12H2,1-3H3,(H2,18,19,20);1H. The number of benzene rings is 1. The quantitative estimate of drug-likeness (QED) is 0.266. The van der Waals surface area contributed by atoms with Crippen LogP contribution >= 0.6 is 35.3 Å². The van der Waals surface area contributed by atoms with E-state index >= 15 is 0 Å². The molecule has 0 radical (unpaired) electrons. The van der Waals surface area contributed by atoms with E-state index in [0.29, 0.717) is 19.7 Å². The first-order valence-electron chi connectivity index (χ1n) is 8.00. The molecule has 1 aromatic carbocycles. The molecule has 1 aromatic heterocycles. The molecule has 0 saturated carbocycles. The van der Waals surface area contributed by atoms with Gasteiger partial charge in [0.25, 0.3) is 0 Å². The fraction of sp³-hybridized carbons (Fsp3) is 0.412. The Morgan fingerprint density at radius 2 is 2.00 bits per heavy atom. The van der Waals surface area contributed by atoms with Crippen molar-refractivity contribution in [2.75, 3.05) is 38.7 Å². The van der Waals surface area contributed by atoms with E-state index in [1.165, 1.54) is 0 Å². The monoisotopic (exact) mass is 475 g/mol. The Labute approximate surface area is 170 Å². The SMILES string of the molecule is CCNC(=NCc1csc(N(C)C)n1)NCCOc1ccccc1.I. The average molecular weight is 475 g/mol. The summed E-state index contributed by atoms with van der Waals surface area (Å²) in [6.45, 7) is 4.67. The van der Waals surface area contributed by atoms with E-state index in [2.05, 4.69) is 20.6 Å². The van der Waals surface area contributed by atoms with Gasteiger partial charge in [-0.05, 0) is 19.1 Å². The number of nitrogens with one attached hydrogen (secondary N) is 2. The van der Waals surface area contributed by atoms with E-state index in [-0.39, 0.29) is 24.0 Å². The Balaban J connectivity index is 0.00000312. The van der Waals surface area contributed by atoms with Crippen LogP contribution in [-0.4, -0.2) is 44.7 Å². The summed E-state index contributed by atoms with van der Waals surface area (Å²) in [5.74, 6) is 1.65. The third-order valence-electron chi connectivity index (χ3n) is 3.07. The molecule has 0 aliphatic heterocycles. The summed E-state index contributed by atoms with van der Waals surface area (Å²) in [5, 5.41) is 9.54. The first kappa shape index (κ1) is 21.5. The van der Waals surface area contributed by atoms with Crippen molar-refractivity contribution in [1.82, 2.24) is 15.6 Å². The number of hydrogen-bond acceptors (Lipinski definition) is 5. The molecule has 0 aliphatic carbocycles. The minimum absolute atomic E-state index is 0. The summed E-state index contributed by atoms with van der Waals surface area (Å²) in [6.07, 6.45) is 0. The van der Waals surface area contributed by atoms with Gasteiger partial charge in [0.1, 0.15) is 12.4 Å². The number of anilines is 1. The van der Waals surface area contributed by atoms with Gasteiger partial charge in [-0.15, -0.1) is 35.3 Å². The number of thiazole rings is 1. The van der Waals surface area contributed by atoms with Gasteiger partial charge in [0.15, 0.2) is 11.1 Å². The normalized spacial score (nSPS) is 10.8. The minimum Gasteiger partial charge on any atom is -0.492 e. The Morgan fingerprint density at radius 1 is 1.24 bits per heavy atom. The molecule has 0 aliphatic rings. The molecule has 2 N–H and O–H groups in total. The molecule has 0 unspecified atom stereocenters. The van der Waals surface area contributed by atoms with Crippen LogP contribution in [0.5, 0.6) is 5.75 Å². The largest absolute Gasteiger partial charge is 0.492 e. The highest BCUT2D eigenvalue weighted by atomic mass is 127. The Kier molecular flexibility index (Phi) is 10.2. The van der Waals surface area contributed by atoms with Crippen molar-refractivity contribution in [3.63, 3.8) is 0 Å². The summed E-state index contributed by atoms with van der Waals surface area (Å²) in [5.41, 5.74) is 0.974. The molecule has 1 heterocycles. The van der Waals surface area contributed by atoms with Crippen molar-refractivity contribution in [2.45, 2.75) is 13.5 Å². The van der Waals surface area contributed by atoms with Gasteiger partial charge < -0.3 is 20.3 Å². The van der Waals surface area contributed by atoms with Crippen LogP contribution < -0.4 is 20.3 Å². The van der Waals surface area contributed by atoms with Crippen molar-refractivity contribution >= 4 is 46.4 Å². The van der Waals surface area contributed by atoms with E-state index in [4.69, 9.17) is 4.74 Å². The Morgan fingerprint density at radius 3 is 2.64 bits per heavy atom. The average Bonchev–Trinajstić information content (AvgIpc) is 3.06. The van der Waals surface area contributed by atoms with E-state index in [9.17, 15) is 0 Å². The molecule has 25 heavy (non-hydrogen) atoms. The molecule has 138 valence electrons. The topological polar surface area (TPSA) is 61.8 Å². The number of halogens is 1. The highest BCUT2D eigenvalue weighted by molar-refractivity contribution is 14.0. The van der Waals surface area contributed by atoms with Crippen LogP contribution in [0.2, 0.25) is 0 Å². The summed E-state index contributed by atoms with van der Waals surface area (Å²) in [4.78, 5) is 11.1. The fourth-order valence-corrected chi connectivity index (χ4v) is 2.68. The van der Waals surface area contributed by atoms with Crippen LogP contribution in [0.15, 0.2) is 40.7 Å². The number of rotatable bonds is 8. The number of aromatic nitrogens is 1. The molecule has 2 rings (SSSR count). The first-order valence-corrected chi connectivity index (χ1v) is 8.88. The van der Waals surface area contributed by atoms with Crippen LogP contribution in [0.1, 0.15) is 12.6 Å². The van der Waals surface area contributed by atoms with Gasteiger partial charge in [-0.3, -0.25) is 0 Å². The van der Waals surface area contributed by atoms with E-state index < -0.39 is 0 Å². The number of guanidine groups is 1. The molecule has 0 atom stereocenters. The van der Waals surface area contributed by atoms with Gasteiger partial charge in [0.05, 0.1) is 18.8 Å². The summed E-state index contributed by atoms with van der Waals surface area (Å²) < 4.78 is 5.67. The van der Waals surface area contributed by atoms with Crippen LogP contribution in [0.4, 0.5) is 5.13 Å². The maximum atomic E-state index is 5.67. The van der Waals surface area contributed by atoms with Crippen molar-refractivity contribution < 1.29 is 4.74 Å². The molecule has 0 fully saturated rings. The lowest BCUT2D eigenvalue weighted by molar-refractivity contribution is 0.322. The predicted octanol–water partition coefficient (Wildman–Crippen LogP) is 2.96. The Bertz CT molecular complexity index is 633. The number of ether oxygens (including phenoxy) is 1. The molecular weight excluding hydrogens is 449 g/mol. The first-order chi connectivity index (χ1) is 11.7. The zero-order valence-electron chi connectivity index (χ0n) is 14.9. The van der Waals surface area contributed by atoms with Gasteiger partial charge in [0, 0.05) is 26.0 Å². The lowest BCUT2D eigenvalue weighted by Crippen LogP contribution is -2.39. The molecule has 8 heteroatoms. The lowest BCUT2D eigenvalue weighted by atomic mass is 10.3. The third kappa shape index (κ3) is 7.91. The Hall–Kier alpha value is -1.55. The van der Waals surface area contributed by atoms with Crippen LogP contribution in [0.25, 0.3) is 0 Å². The van der Waals surface area contributed by atoms with Gasteiger partial charge in [-0.2, -0.15) is 0 Å². The van der Waals surface area contributed by atoms with Crippen molar-refractivity contribution in [2.24, 2.45) is 4.99 Å². The fourth-order valence-electron chi connectivity index (χ4n) is 1.93. The van der Waals surface area contributed by atoms with Crippen LogP contribution in [-0.2, 0) is 6.54 Å². The molecule has 6 nitrogen and oxygen atoms in total. The number of para-hydroxylation sites is 1. The molecule has 0 spiro atoms. The predicted molar refractivity (Wildman–Crippen MR) is 117 cm³/mol. The second kappa shape index (κ2) is 11.9. The van der Waals surface area contributed by atoms with Crippen LogP contribution in [0.3, 0.4) is 0 Å². The highest BCUT2D eigenvalue weighted by Gasteiger charge is 2.04. The molecule has 0 amide bonds. The van der Waals surface area contributed by atoms with Crippen molar-refractivity contribution in [3.8, 4) is 5.75 Å². The number of hydrogen-bond donors (Lipinski definition) is 2. The third-order valence-corrected chi connectivity index (χ3v) is 4.13. The van der Waals surface area contributed by atoms with Crippen LogP contribution in [0, 0.1) is 0 Å². The second-order valence-electron chi connectivity index (χ2n) is 5.30. The van der Waals surface area contributed by atoms with Crippen molar-refractivity contribution in [3.05, 3.63) is 41.4 Å². The van der Waals surface area contributed by atoms with Gasteiger partial charge >= 0.3 is 0 Å².